The van der Waals surface area contributed by atoms with Gasteiger partial charge in [0.1, 0.15) is 11.9 Å². The van der Waals surface area contributed by atoms with Crippen LogP contribution in [0.3, 0.4) is 0 Å². The van der Waals surface area contributed by atoms with Gasteiger partial charge in [-0.1, -0.05) is 0 Å². The van der Waals surface area contributed by atoms with E-state index >= 15 is 0 Å². The highest BCUT2D eigenvalue weighted by molar-refractivity contribution is 4.92. The molecule has 1 aromatic heterocycles. The van der Waals surface area contributed by atoms with Gasteiger partial charge in [-0.25, -0.2) is 4.98 Å². The zero-order chi connectivity index (χ0) is 8.97. The van der Waals surface area contributed by atoms with E-state index in [0.29, 0.717) is 24.8 Å². The van der Waals surface area contributed by atoms with Crippen LogP contribution in [0, 0.1) is 0 Å². The minimum Gasteiger partial charge on any atom is -0.371 e. The SMILES string of the molecule is CCOC(C)c1n[nH]c(CN)n1. The van der Waals surface area contributed by atoms with Gasteiger partial charge < -0.3 is 10.5 Å². The molecule has 0 fully saturated rings. The normalized spacial score (nSPS) is 13.2. The number of ether oxygens (including phenoxy) is 1. The molecule has 1 aromatic rings. The molecule has 0 aromatic carbocycles. The summed E-state index contributed by atoms with van der Waals surface area (Å²) in [6.07, 6.45) is -0.0634. The topological polar surface area (TPSA) is 76.8 Å². The van der Waals surface area contributed by atoms with E-state index in [2.05, 4.69) is 15.2 Å². The number of nitrogens with two attached hydrogens (primary N) is 1. The lowest BCUT2D eigenvalue weighted by Crippen LogP contribution is -2.02. The van der Waals surface area contributed by atoms with Crippen LogP contribution in [0.1, 0.15) is 31.6 Å². The first-order valence-corrected chi connectivity index (χ1v) is 4.00. The van der Waals surface area contributed by atoms with Gasteiger partial charge in [-0.2, -0.15) is 5.10 Å². The second kappa shape index (κ2) is 4.18. The van der Waals surface area contributed by atoms with E-state index < -0.39 is 0 Å². The van der Waals surface area contributed by atoms with Crippen molar-refractivity contribution in [3.05, 3.63) is 11.6 Å². The molecule has 1 rings (SSSR count). The van der Waals surface area contributed by atoms with Crippen LogP contribution in [0.15, 0.2) is 0 Å². The summed E-state index contributed by atoms with van der Waals surface area (Å²) in [5.41, 5.74) is 5.36. The average Bonchev–Trinajstić information content (AvgIpc) is 2.52. The molecule has 68 valence electrons. The molecule has 0 aliphatic carbocycles. The Kier molecular flexibility index (Phi) is 3.19. The molecule has 1 unspecified atom stereocenters. The lowest BCUT2D eigenvalue weighted by atomic mass is 10.4. The quantitative estimate of drug-likeness (QED) is 0.684. The van der Waals surface area contributed by atoms with E-state index in [1.54, 1.807) is 0 Å². The molecule has 0 aliphatic heterocycles. The molecule has 0 amide bonds. The summed E-state index contributed by atoms with van der Waals surface area (Å²) in [6, 6.07) is 0. The molecule has 12 heavy (non-hydrogen) atoms. The van der Waals surface area contributed by atoms with Crippen molar-refractivity contribution in [3.8, 4) is 0 Å². The lowest BCUT2D eigenvalue weighted by molar-refractivity contribution is 0.0703. The lowest BCUT2D eigenvalue weighted by Gasteiger charge is -2.05. The van der Waals surface area contributed by atoms with Gasteiger partial charge in [-0.15, -0.1) is 0 Å². The summed E-state index contributed by atoms with van der Waals surface area (Å²) in [4.78, 5) is 4.13. The molecule has 0 aliphatic rings. The van der Waals surface area contributed by atoms with Gasteiger partial charge in [-0.3, -0.25) is 5.10 Å². The minimum absolute atomic E-state index is 0.0634. The van der Waals surface area contributed by atoms with Gasteiger partial charge in [0.25, 0.3) is 0 Å². The fraction of sp³-hybridized carbons (Fsp3) is 0.714. The second-order valence-corrected chi connectivity index (χ2v) is 2.44. The van der Waals surface area contributed by atoms with Gasteiger partial charge in [-0.05, 0) is 13.8 Å². The number of aromatic nitrogens is 3. The number of nitrogens with zero attached hydrogens (tertiary/aromatic N) is 2. The highest BCUT2D eigenvalue weighted by Gasteiger charge is 2.10. The van der Waals surface area contributed by atoms with E-state index in [0.717, 1.165) is 0 Å². The highest BCUT2D eigenvalue weighted by atomic mass is 16.5. The van der Waals surface area contributed by atoms with Crippen molar-refractivity contribution in [2.45, 2.75) is 26.5 Å². The number of hydrogen-bond acceptors (Lipinski definition) is 4. The predicted octanol–water partition coefficient (Wildman–Crippen LogP) is 0.361. The van der Waals surface area contributed by atoms with Gasteiger partial charge in [0.05, 0.1) is 6.54 Å². The van der Waals surface area contributed by atoms with Crippen molar-refractivity contribution in [1.29, 1.82) is 0 Å². The van der Waals surface area contributed by atoms with E-state index in [4.69, 9.17) is 10.5 Å². The average molecular weight is 170 g/mol. The van der Waals surface area contributed by atoms with Crippen LogP contribution in [0.2, 0.25) is 0 Å². The molecular formula is C7H14N4O. The third-order valence-electron chi connectivity index (χ3n) is 1.52. The zero-order valence-electron chi connectivity index (χ0n) is 7.37. The van der Waals surface area contributed by atoms with Gasteiger partial charge in [0, 0.05) is 6.61 Å². The molecule has 1 heterocycles. The van der Waals surface area contributed by atoms with Crippen molar-refractivity contribution in [2.24, 2.45) is 5.73 Å². The maximum absolute atomic E-state index is 5.36. The Hall–Kier alpha value is -0.940. The van der Waals surface area contributed by atoms with Crippen LogP contribution < -0.4 is 5.73 Å². The Bertz CT molecular complexity index is 235. The Morgan fingerprint density at radius 3 is 2.92 bits per heavy atom. The van der Waals surface area contributed by atoms with E-state index in [-0.39, 0.29) is 6.10 Å². The summed E-state index contributed by atoms with van der Waals surface area (Å²) in [7, 11) is 0. The van der Waals surface area contributed by atoms with Crippen LogP contribution in [-0.4, -0.2) is 21.8 Å². The standard InChI is InChI=1S/C7H14N4O/c1-3-12-5(2)7-9-6(4-8)10-11-7/h5H,3-4,8H2,1-2H3,(H,9,10,11). The van der Waals surface area contributed by atoms with Crippen molar-refractivity contribution < 1.29 is 4.74 Å². The fourth-order valence-electron chi connectivity index (χ4n) is 0.908. The molecule has 5 heteroatoms. The fourth-order valence-corrected chi connectivity index (χ4v) is 0.908. The third-order valence-corrected chi connectivity index (χ3v) is 1.52. The molecule has 1 atom stereocenters. The smallest absolute Gasteiger partial charge is 0.179 e. The monoisotopic (exact) mass is 170 g/mol. The molecular weight excluding hydrogens is 156 g/mol. The van der Waals surface area contributed by atoms with Gasteiger partial charge in [0.2, 0.25) is 0 Å². The maximum atomic E-state index is 5.36. The second-order valence-electron chi connectivity index (χ2n) is 2.44. The number of hydrogen-bond donors (Lipinski definition) is 2. The van der Waals surface area contributed by atoms with Crippen molar-refractivity contribution in [3.63, 3.8) is 0 Å². The number of nitrogens with one attached hydrogen (secondary N) is 1. The van der Waals surface area contributed by atoms with E-state index in [1.807, 2.05) is 13.8 Å². The van der Waals surface area contributed by atoms with Gasteiger partial charge >= 0.3 is 0 Å². The predicted molar refractivity (Wildman–Crippen MR) is 44.3 cm³/mol. The molecule has 0 spiro atoms. The Balaban J connectivity index is 2.61. The molecule has 5 nitrogen and oxygen atoms in total. The molecule has 0 radical (unpaired) electrons. The summed E-state index contributed by atoms with van der Waals surface area (Å²) >= 11 is 0. The molecule has 0 saturated heterocycles. The summed E-state index contributed by atoms with van der Waals surface area (Å²) in [5.74, 6) is 1.36. The van der Waals surface area contributed by atoms with Crippen LogP contribution in [0.5, 0.6) is 0 Å². The highest BCUT2D eigenvalue weighted by Crippen LogP contribution is 2.10. The summed E-state index contributed by atoms with van der Waals surface area (Å²) < 4.78 is 5.30. The van der Waals surface area contributed by atoms with E-state index in [9.17, 15) is 0 Å². The first-order chi connectivity index (χ1) is 5.77. The first-order valence-electron chi connectivity index (χ1n) is 4.00. The Morgan fingerprint density at radius 1 is 1.67 bits per heavy atom. The van der Waals surface area contributed by atoms with Crippen molar-refractivity contribution in [2.75, 3.05) is 6.61 Å². The minimum atomic E-state index is -0.0634. The number of rotatable bonds is 4. The number of aromatic amines is 1. The van der Waals surface area contributed by atoms with Crippen molar-refractivity contribution >= 4 is 0 Å². The molecule has 0 saturated carbocycles. The van der Waals surface area contributed by atoms with Crippen LogP contribution in [-0.2, 0) is 11.3 Å². The van der Waals surface area contributed by atoms with Crippen LogP contribution in [0.25, 0.3) is 0 Å². The largest absolute Gasteiger partial charge is 0.371 e. The first kappa shape index (κ1) is 9.15. The third kappa shape index (κ3) is 2.02. The summed E-state index contributed by atoms with van der Waals surface area (Å²) in [6.45, 7) is 4.89. The molecule has 3 N–H and O–H groups in total. The Morgan fingerprint density at radius 2 is 2.42 bits per heavy atom. The molecule has 0 bridgehead atoms. The zero-order valence-corrected chi connectivity index (χ0v) is 7.37. The van der Waals surface area contributed by atoms with Gasteiger partial charge in [0.15, 0.2) is 5.82 Å². The maximum Gasteiger partial charge on any atom is 0.179 e. The van der Waals surface area contributed by atoms with Crippen LogP contribution in [0.4, 0.5) is 0 Å². The Labute approximate surface area is 71.3 Å². The summed E-state index contributed by atoms with van der Waals surface area (Å²) in [5, 5.41) is 6.69. The van der Waals surface area contributed by atoms with E-state index in [1.165, 1.54) is 0 Å². The van der Waals surface area contributed by atoms with Crippen LogP contribution >= 0.6 is 0 Å². The van der Waals surface area contributed by atoms with Crippen molar-refractivity contribution in [1.82, 2.24) is 15.2 Å². The number of H-pyrrole nitrogens is 1.